The molecule has 24 heavy (non-hydrogen) atoms. The van der Waals surface area contributed by atoms with E-state index in [4.69, 9.17) is 14.2 Å². The largest absolute Gasteiger partial charge is 0.467 e. The van der Waals surface area contributed by atoms with E-state index in [0.717, 1.165) is 27.8 Å². The summed E-state index contributed by atoms with van der Waals surface area (Å²) < 4.78 is 15.5. The molecular weight excluding hydrogens is 304 g/mol. The SMILES string of the molecule is COCOc1ccc(C)cc1C(=CC(=O)OC)c1ccc(C)cc1. The number of benzene rings is 2. The van der Waals surface area contributed by atoms with Gasteiger partial charge in [0.15, 0.2) is 6.79 Å². The lowest BCUT2D eigenvalue weighted by Gasteiger charge is -2.15. The molecule has 0 spiro atoms. The number of hydrogen-bond donors (Lipinski definition) is 0. The highest BCUT2D eigenvalue weighted by Crippen LogP contribution is 2.32. The van der Waals surface area contributed by atoms with Crippen LogP contribution in [0.25, 0.3) is 5.57 Å². The van der Waals surface area contributed by atoms with Crippen molar-refractivity contribution in [3.63, 3.8) is 0 Å². The fourth-order valence-electron chi connectivity index (χ4n) is 2.33. The first kappa shape index (κ1) is 17.8. The van der Waals surface area contributed by atoms with Gasteiger partial charge in [0.25, 0.3) is 0 Å². The smallest absolute Gasteiger partial charge is 0.331 e. The van der Waals surface area contributed by atoms with Gasteiger partial charge in [-0.25, -0.2) is 4.79 Å². The third-order valence-electron chi connectivity index (χ3n) is 3.58. The van der Waals surface area contributed by atoms with E-state index < -0.39 is 5.97 Å². The summed E-state index contributed by atoms with van der Waals surface area (Å²) in [4.78, 5) is 11.9. The van der Waals surface area contributed by atoms with Gasteiger partial charge in [-0.1, -0.05) is 41.5 Å². The summed E-state index contributed by atoms with van der Waals surface area (Å²) in [6, 6.07) is 13.8. The number of ether oxygens (including phenoxy) is 3. The molecule has 2 rings (SSSR count). The molecule has 4 nitrogen and oxygen atoms in total. The third kappa shape index (κ3) is 4.46. The van der Waals surface area contributed by atoms with Crippen molar-refractivity contribution in [3.8, 4) is 5.75 Å². The standard InChI is InChI=1S/C20H22O4/c1-14-5-8-16(9-6-14)17(12-20(21)23-4)18-11-15(2)7-10-19(18)24-13-22-3/h5-12H,13H2,1-4H3. The highest BCUT2D eigenvalue weighted by Gasteiger charge is 2.14. The lowest BCUT2D eigenvalue weighted by atomic mass is 9.94. The first-order chi connectivity index (χ1) is 11.5. The maximum atomic E-state index is 11.9. The second-order valence-corrected chi connectivity index (χ2v) is 5.50. The number of esters is 1. The molecule has 2 aromatic rings. The van der Waals surface area contributed by atoms with Crippen molar-refractivity contribution in [2.75, 3.05) is 21.0 Å². The molecule has 0 saturated heterocycles. The van der Waals surface area contributed by atoms with Crippen molar-refractivity contribution >= 4 is 11.5 Å². The quantitative estimate of drug-likeness (QED) is 0.459. The van der Waals surface area contributed by atoms with Crippen molar-refractivity contribution in [3.05, 3.63) is 70.8 Å². The van der Waals surface area contributed by atoms with Crippen LogP contribution in [0.5, 0.6) is 5.75 Å². The minimum atomic E-state index is -0.412. The van der Waals surface area contributed by atoms with E-state index in [1.165, 1.54) is 13.2 Å². The molecular formula is C20H22O4. The number of rotatable bonds is 6. The van der Waals surface area contributed by atoms with Crippen molar-refractivity contribution < 1.29 is 19.0 Å². The third-order valence-corrected chi connectivity index (χ3v) is 3.58. The molecule has 0 aliphatic rings. The molecule has 126 valence electrons. The number of carbonyl (C=O) groups is 1. The lowest BCUT2D eigenvalue weighted by Crippen LogP contribution is -2.04. The number of aryl methyl sites for hydroxylation is 2. The summed E-state index contributed by atoms with van der Waals surface area (Å²) in [6.07, 6.45) is 1.49. The maximum Gasteiger partial charge on any atom is 0.331 e. The number of hydrogen-bond acceptors (Lipinski definition) is 4. The first-order valence-electron chi connectivity index (χ1n) is 7.64. The predicted octanol–water partition coefficient (Wildman–Crippen LogP) is 3.89. The summed E-state index contributed by atoms with van der Waals surface area (Å²) in [5.41, 5.74) is 4.70. The second kappa shape index (κ2) is 8.31. The fraction of sp³-hybridized carbons (Fsp3) is 0.250. The van der Waals surface area contributed by atoms with Crippen molar-refractivity contribution in [1.29, 1.82) is 0 Å². The highest BCUT2D eigenvalue weighted by atomic mass is 16.7. The van der Waals surface area contributed by atoms with Crippen LogP contribution in [0.3, 0.4) is 0 Å². The van der Waals surface area contributed by atoms with E-state index in [9.17, 15) is 4.79 Å². The van der Waals surface area contributed by atoms with Crippen LogP contribution in [0.2, 0.25) is 0 Å². The Hall–Kier alpha value is -2.59. The minimum Gasteiger partial charge on any atom is -0.467 e. The van der Waals surface area contributed by atoms with Gasteiger partial charge in [-0.2, -0.15) is 0 Å². The Labute approximate surface area is 142 Å². The minimum absolute atomic E-state index is 0.134. The van der Waals surface area contributed by atoms with Crippen molar-refractivity contribution in [2.24, 2.45) is 0 Å². The molecule has 0 N–H and O–H groups in total. The molecule has 0 saturated carbocycles. The molecule has 0 unspecified atom stereocenters. The van der Waals surface area contributed by atoms with Gasteiger partial charge >= 0.3 is 5.97 Å². The molecule has 0 bridgehead atoms. The topological polar surface area (TPSA) is 44.8 Å². The molecule has 0 aromatic heterocycles. The van der Waals surface area contributed by atoms with Crippen LogP contribution < -0.4 is 4.74 Å². The lowest BCUT2D eigenvalue weighted by molar-refractivity contribution is -0.134. The van der Waals surface area contributed by atoms with Gasteiger partial charge in [-0.3, -0.25) is 0 Å². The Morgan fingerprint density at radius 2 is 1.67 bits per heavy atom. The number of methoxy groups -OCH3 is 2. The van der Waals surface area contributed by atoms with E-state index in [-0.39, 0.29) is 6.79 Å². The van der Waals surface area contributed by atoms with E-state index in [0.29, 0.717) is 5.75 Å². The van der Waals surface area contributed by atoms with Crippen molar-refractivity contribution in [2.45, 2.75) is 13.8 Å². The number of carbonyl (C=O) groups excluding carboxylic acids is 1. The zero-order chi connectivity index (χ0) is 17.5. The van der Waals surface area contributed by atoms with E-state index in [1.807, 2.05) is 56.3 Å². The summed E-state index contributed by atoms with van der Waals surface area (Å²) in [7, 11) is 2.93. The zero-order valence-electron chi connectivity index (χ0n) is 14.5. The van der Waals surface area contributed by atoms with Gasteiger partial charge in [-0.05, 0) is 37.1 Å². The van der Waals surface area contributed by atoms with Crippen LogP contribution in [-0.4, -0.2) is 27.0 Å². The van der Waals surface area contributed by atoms with E-state index >= 15 is 0 Å². The van der Waals surface area contributed by atoms with E-state index in [1.54, 1.807) is 7.11 Å². The average molecular weight is 326 g/mol. The highest BCUT2D eigenvalue weighted by molar-refractivity contribution is 5.97. The van der Waals surface area contributed by atoms with Gasteiger partial charge in [0, 0.05) is 18.7 Å². The zero-order valence-corrected chi connectivity index (χ0v) is 14.5. The Balaban J connectivity index is 2.59. The first-order valence-corrected chi connectivity index (χ1v) is 7.64. The van der Waals surface area contributed by atoms with Crippen LogP contribution in [0, 0.1) is 13.8 Å². The fourth-order valence-corrected chi connectivity index (χ4v) is 2.33. The molecule has 0 heterocycles. The molecule has 0 aliphatic heterocycles. The van der Waals surface area contributed by atoms with Crippen LogP contribution >= 0.6 is 0 Å². The average Bonchev–Trinajstić information content (AvgIpc) is 2.59. The van der Waals surface area contributed by atoms with Crippen LogP contribution in [-0.2, 0) is 14.3 Å². The maximum absolute atomic E-state index is 11.9. The molecule has 0 aliphatic carbocycles. The summed E-state index contributed by atoms with van der Waals surface area (Å²) in [5.74, 6) is 0.239. The second-order valence-electron chi connectivity index (χ2n) is 5.50. The van der Waals surface area contributed by atoms with Crippen LogP contribution in [0.15, 0.2) is 48.5 Å². The van der Waals surface area contributed by atoms with E-state index in [2.05, 4.69) is 0 Å². The molecule has 2 aromatic carbocycles. The monoisotopic (exact) mass is 326 g/mol. The Bertz CT molecular complexity index is 730. The molecule has 0 amide bonds. The van der Waals surface area contributed by atoms with Crippen LogP contribution in [0.1, 0.15) is 22.3 Å². The van der Waals surface area contributed by atoms with Gasteiger partial charge in [0.05, 0.1) is 7.11 Å². The van der Waals surface area contributed by atoms with Gasteiger partial charge in [0.2, 0.25) is 0 Å². The Morgan fingerprint density at radius 3 is 2.29 bits per heavy atom. The van der Waals surface area contributed by atoms with Gasteiger partial charge in [0.1, 0.15) is 5.75 Å². The molecule has 0 fully saturated rings. The van der Waals surface area contributed by atoms with Gasteiger partial charge < -0.3 is 14.2 Å². The Kier molecular flexibility index (Phi) is 6.15. The normalized spacial score (nSPS) is 11.2. The van der Waals surface area contributed by atoms with Crippen LogP contribution in [0.4, 0.5) is 0 Å². The molecule has 4 heteroatoms. The van der Waals surface area contributed by atoms with Gasteiger partial charge in [-0.15, -0.1) is 0 Å². The molecule has 0 atom stereocenters. The Morgan fingerprint density at radius 1 is 1.00 bits per heavy atom. The van der Waals surface area contributed by atoms with Crippen molar-refractivity contribution in [1.82, 2.24) is 0 Å². The summed E-state index contributed by atoms with van der Waals surface area (Å²) in [5, 5.41) is 0. The molecule has 0 radical (unpaired) electrons. The summed E-state index contributed by atoms with van der Waals surface area (Å²) in [6.45, 7) is 4.15. The summed E-state index contributed by atoms with van der Waals surface area (Å²) >= 11 is 0. The predicted molar refractivity (Wildman–Crippen MR) is 94.0 cm³/mol.